The predicted octanol–water partition coefficient (Wildman–Crippen LogP) is 1.54. The van der Waals surface area contributed by atoms with Crippen molar-refractivity contribution in [2.45, 2.75) is 13.8 Å². The molecule has 0 aliphatic rings. The van der Waals surface area contributed by atoms with Gasteiger partial charge in [-0.3, -0.25) is 4.68 Å². The van der Waals surface area contributed by atoms with Crippen LogP contribution >= 0.6 is 0 Å². The van der Waals surface area contributed by atoms with E-state index < -0.39 is 0 Å². The summed E-state index contributed by atoms with van der Waals surface area (Å²) in [5, 5.41) is 7.31. The lowest BCUT2D eigenvalue weighted by atomic mass is 10.1. The van der Waals surface area contributed by atoms with E-state index in [0.29, 0.717) is 5.95 Å². The van der Waals surface area contributed by atoms with Crippen molar-refractivity contribution in [1.82, 2.24) is 19.7 Å². The number of hydrogen-bond donors (Lipinski definition) is 1. The third kappa shape index (κ3) is 1.64. The first-order valence-electron chi connectivity index (χ1n) is 5.15. The van der Waals surface area contributed by atoms with E-state index in [1.165, 1.54) is 0 Å². The molecule has 0 aliphatic carbocycles. The Bertz CT molecular complexity index is 515. The molecule has 2 aromatic rings. The second-order valence-electron chi connectivity index (χ2n) is 3.68. The maximum atomic E-state index is 4.42. The molecule has 0 atom stereocenters. The zero-order valence-electron chi connectivity index (χ0n) is 9.94. The Morgan fingerprint density at radius 3 is 2.62 bits per heavy atom. The van der Waals surface area contributed by atoms with Gasteiger partial charge < -0.3 is 5.32 Å². The first kappa shape index (κ1) is 10.6. The zero-order chi connectivity index (χ0) is 11.7. The summed E-state index contributed by atoms with van der Waals surface area (Å²) in [6.45, 7) is 4.03. The number of nitrogens with zero attached hydrogens (tertiary/aromatic N) is 4. The minimum absolute atomic E-state index is 0.625. The van der Waals surface area contributed by atoms with Crippen LogP contribution in [0.1, 0.15) is 11.4 Å². The van der Waals surface area contributed by atoms with Crippen LogP contribution < -0.4 is 5.32 Å². The van der Waals surface area contributed by atoms with Gasteiger partial charge in [0.25, 0.3) is 0 Å². The standard InChI is InChI=1S/C11H15N5/c1-7-10(8(2)16(4)15-7)9-5-6-13-11(12-3)14-9/h5-6H,1-4H3,(H,12,13,14). The quantitative estimate of drug-likeness (QED) is 0.829. The van der Waals surface area contributed by atoms with Crippen molar-refractivity contribution in [1.29, 1.82) is 0 Å². The number of hydrogen-bond acceptors (Lipinski definition) is 4. The molecule has 16 heavy (non-hydrogen) atoms. The van der Waals surface area contributed by atoms with Crippen molar-refractivity contribution in [3.63, 3.8) is 0 Å². The van der Waals surface area contributed by atoms with Crippen LogP contribution in [0.3, 0.4) is 0 Å². The Kier molecular flexibility index (Phi) is 2.60. The van der Waals surface area contributed by atoms with Crippen molar-refractivity contribution < 1.29 is 0 Å². The van der Waals surface area contributed by atoms with Crippen molar-refractivity contribution >= 4 is 5.95 Å². The van der Waals surface area contributed by atoms with Crippen LogP contribution in [0.5, 0.6) is 0 Å². The highest BCUT2D eigenvalue weighted by Gasteiger charge is 2.13. The Morgan fingerprint density at radius 1 is 1.31 bits per heavy atom. The molecule has 0 amide bonds. The molecule has 0 fully saturated rings. The number of anilines is 1. The molecule has 0 spiro atoms. The minimum Gasteiger partial charge on any atom is -0.357 e. The van der Waals surface area contributed by atoms with Gasteiger partial charge in [-0.2, -0.15) is 5.10 Å². The number of nitrogens with one attached hydrogen (secondary N) is 1. The maximum Gasteiger partial charge on any atom is 0.222 e. The molecule has 2 heterocycles. The molecule has 2 aromatic heterocycles. The summed E-state index contributed by atoms with van der Waals surface area (Å²) in [4.78, 5) is 8.52. The molecule has 84 valence electrons. The third-order valence-corrected chi connectivity index (χ3v) is 2.64. The maximum absolute atomic E-state index is 4.42. The van der Waals surface area contributed by atoms with Gasteiger partial charge in [0.05, 0.1) is 11.4 Å². The van der Waals surface area contributed by atoms with Gasteiger partial charge in [-0.05, 0) is 19.9 Å². The highest BCUT2D eigenvalue weighted by Crippen LogP contribution is 2.24. The average molecular weight is 217 g/mol. The summed E-state index contributed by atoms with van der Waals surface area (Å²) in [5.41, 5.74) is 4.09. The van der Waals surface area contributed by atoms with Gasteiger partial charge in [0.2, 0.25) is 5.95 Å². The van der Waals surface area contributed by atoms with Gasteiger partial charge in [0.15, 0.2) is 0 Å². The molecule has 0 aliphatic heterocycles. The van der Waals surface area contributed by atoms with Gasteiger partial charge in [0, 0.05) is 31.5 Å². The van der Waals surface area contributed by atoms with E-state index in [4.69, 9.17) is 0 Å². The van der Waals surface area contributed by atoms with Crippen LogP contribution in [0.4, 0.5) is 5.95 Å². The lowest BCUT2D eigenvalue weighted by Crippen LogP contribution is -1.98. The summed E-state index contributed by atoms with van der Waals surface area (Å²) >= 11 is 0. The fraction of sp³-hybridized carbons (Fsp3) is 0.364. The van der Waals surface area contributed by atoms with Crippen molar-refractivity contribution in [3.05, 3.63) is 23.7 Å². The Labute approximate surface area is 94.5 Å². The van der Waals surface area contributed by atoms with E-state index in [1.807, 2.05) is 38.7 Å². The largest absolute Gasteiger partial charge is 0.357 e. The normalized spacial score (nSPS) is 10.5. The van der Waals surface area contributed by atoms with Crippen LogP contribution in [0.25, 0.3) is 11.3 Å². The number of aromatic nitrogens is 4. The van der Waals surface area contributed by atoms with Crippen LogP contribution in [-0.2, 0) is 7.05 Å². The first-order chi connectivity index (χ1) is 7.63. The molecular formula is C11H15N5. The zero-order valence-corrected chi connectivity index (χ0v) is 9.94. The van der Waals surface area contributed by atoms with Gasteiger partial charge in [-0.25, -0.2) is 9.97 Å². The molecule has 0 radical (unpaired) electrons. The lowest BCUT2D eigenvalue weighted by Gasteiger charge is -2.03. The smallest absolute Gasteiger partial charge is 0.222 e. The van der Waals surface area contributed by atoms with Crippen LogP contribution in [0.15, 0.2) is 12.3 Å². The molecule has 5 heteroatoms. The molecule has 0 saturated carbocycles. The monoisotopic (exact) mass is 217 g/mol. The van der Waals surface area contributed by atoms with Crippen LogP contribution in [0.2, 0.25) is 0 Å². The average Bonchev–Trinajstić information content (AvgIpc) is 2.53. The molecule has 2 rings (SSSR count). The Hall–Kier alpha value is -1.91. The topological polar surface area (TPSA) is 55.6 Å². The summed E-state index contributed by atoms with van der Waals surface area (Å²) in [6.07, 6.45) is 1.75. The number of rotatable bonds is 2. The van der Waals surface area contributed by atoms with E-state index in [2.05, 4.69) is 20.4 Å². The third-order valence-electron chi connectivity index (χ3n) is 2.64. The lowest BCUT2D eigenvalue weighted by molar-refractivity contribution is 0.731. The highest BCUT2D eigenvalue weighted by molar-refractivity contribution is 5.65. The molecular weight excluding hydrogens is 202 g/mol. The van der Waals surface area contributed by atoms with Crippen molar-refractivity contribution in [2.75, 3.05) is 12.4 Å². The number of aryl methyl sites for hydroxylation is 2. The highest BCUT2D eigenvalue weighted by atomic mass is 15.3. The van der Waals surface area contributed by atoms with Gasteiger partial charge in [-0.15, -0.1) is 0 Å². The van der Waals surface area contributed by atoms with E-state index in [1.54, 1.807) is 6.20 Å². The van der Waals surface area contributed by atoms with E-state index >= 15 is 0 Å². The minimum atomic E-state index is 0.625. The Balaban J connectivity index is 2.58. The van der Waals surface area contributed by atoms with Crippen LogP contribution in [-0.4, -0.2) is 26.8 Å². The summed E-state index contributed by atoms with van der Waals surface area (Å²) in [7, 11) is 3.74. The molecule has 1 N–H and O–H groups in total. The first-order valence-corrected chi connectivity index (χ1v) is 5.15. The summed E-state index contributed by atoms with van der Waals surface area (Å²) in [5.74, 6) is 0.625. The van der Waals surface area contributed by atoms with E-state index in [0.717, 1.165) is 22.6 Å². The molecule has 0 saturated heterocycles. The van der Waals surface area contributed by atoms with Crippen molar-refractivity contribution in [3.8, 4) is 11.3 Å². The Morgan fingerprint density at radius 2 is 2.06 bits per heavy atom. The molecule has 0 unspecified atom stereocenters. The van der Waals surface area contributed by atoms with E-state index in [9.17, 15) is 0 Å². The fourth-order valence-corrected chi connectivity index (χ4v) is 1.76. The summed E-state index contributed by atoms with van der Waals surface area (Å²) in [6, 6.07) is 1.90. The van der Waals surface area contributed by atoms with Crippen molar-refractivity contribution in [2.24, 2.45) is 7.05 Å². The second-order valence-corrected chi connectivity index (χ2v) is 3.68. The fourth-order valence-electron chi connectivity index (χ4n) is 1.76. The van der Waals surface area contributed by atoms with Gasteiger partial charge in [0.1, 0.15) is 0 Å². The van der Waals surface area contributed by atoms with Gasteiger partial charge >= 0.3 is 0 Å². The molecule has 5 nitrogen and oxygen atoms in total. The SMILES string of the molecule is CNc1nccc(-c2c(C)nn(C)c2C)n1. The van der Waals surface area contributed by atoms with Crippen LogP contribution in [0, 0.1) is 13.8 Å². The second kappa shape index (κ2) is 3.92. The molecule has 0 bridgehead atoms. The molecule has 0 aromatic carbocycles. The summed E-state index contributed by atoms with van der Waals surface area (Å²) < 4.78 is 1.87. The van der Waals surface area contributed by atoms with E-state index in [-0.39, 0.29) is 0 Å². The predicted molar refractivity (Wildman–Crippen MR) is 63.3 cm³/mol. The van der Waals surface area contributed by atoms with Gasteiger partial charge in [-0.1, -0.05) is 0 Å².